The topological polar surface area (TPSA) is 46.9 Å². The van der Waals surface area contributed by atoms with Gasteiger partial charge in [-0.15, -0.1) is 0 Å². The lowest BCUT2D eigenvalue weighted by atomic mass is 10.4. The van der Waals surface area contributed by atoms with E-state index in [1.54, 1.807) is 19.2 Å². The fourth-order valence-corrected chi connectivity index (χ4v) is 1.01. The monoisotopic (exact) mass is 221 g/mol. The Morgan fingerprint density at radius 3 is 2.60 bits per heavy atom. The SMILES string of the molecule is CC(C)n1nccc1NC(=O)C(F)(F)F. The number of carbonyl (C=O) groups excluding carboxylic acids is 1. The first-order valence-corrected chi connectivity index (χ1v) is 4.24. The van der Waals surface area contributed by atoms with Gasteiger partial charge in [0.1, 0.15) is 5.82 Å². The van der Waals surface area contributed by atoms with Crippen LogP contribution in [0.5, 0.6) is 0 Å². The molecule has 0 bridgehead atoms. The molecular weight excluding hydrogens is 211 g/mol. The number of aromatic nitrogens is 2. The van der Waals surface area contributed by atoms with Crippen molar-refractivity contribution in [2.75, 3.05) is 5.32 Å². The number of carbonyl (C=O) groups is 1. The second-order valence-electron chi connectivity index (χ2n) is 3.21. The minimum atomic E-state index is -4.88. The first-order chi connectivity index (χ1) is 6.82. The van der Waals surface area contributed by atoms with Gasteiger partial charge in [0.15, 0.2) is 0 Å². The Labute approximate surface area is 84.1 Å². The zero-order chi connectivity index (χ0) is 11.6. The Balaban J connectivity index is 2.82. The van der Waals surface area contributed by atoms with Gasteiger partial charge in [0.2, 0.25) is 0 Å². The molecule has 4 nitrogen and oxygen atoms in total. The average Bonchev–Trinajstić information content (AvgIpc) is 2.50. The Bertz CT molecular complexity index is 356. The molecule has 1 amide bonds. The molecule has 0 atom stereocenters. The lowest BCUT2D eigenvalue weighted by Crippen LogP contribution is -2.31. The number of nitrogens with zero attached hydrogens (tertiary/aromatic N) is 2. The standard InChI is InChI=1S/C8H10F3N3O/c1-5(2)14-6(3-4-12-14)13-7(15)8(9,10)11/h3-5H,1-2H3,(H,13,15). The Morgan fingerprint density at radius 2 is 2.13 bits per heavy atom. The van der Waals surface area contributed by atoms with Crippen molar-refractivity contribution in [3.63, 3.8) is 0 Å². The van der Waals surface area contributed by atoms with Crippen LogP contribution in [0.3, 0.4) is 0 Å². The van der Waals surface area contributed by atoms with Crippen LogP contribution >= 0.6 is 0 Å². The predicted molar refractivity (Wildman–Crippen MR) is 47.3 cm³/mol. The molecular formula is C8H10F3N3O. The van der Waals surface area contributed by atoms with Crippen molar-refractivity contribution >= 4 is 11.7 Å². The van der Waals surface area contributed by atoms with Crippen molar-refractivity contribution in [3.8, 4) is 0 Å². The molecule has 0 aliphatic rings. The Morgan fingerprint density at radius 1 is 1.53 bits per heavy atom. The highest BCUT2D eigenvalue weighted by atomic mass is 19.4. The van der Waals surface area contributed by atoms with Crippen molar-refractivity contribution < 1.29 is 18.0 Å². The van der Waals surface area contributed by atoms with Gasteiger partial charge in [0.05, 0.1) is 6.20 Å². The summed E-state index contributed by atoms with van der Waals surface area (Å²) in [7, 11) is 0. The van der Waals surface area contributed by atoms with Gasteiger partial charge in [-0.3, -0.25) is 4.79 Å². The van der Waals surface area contributed by atoms with E-state index in [0.717, 1.165) is 0 Å². The number of hydrogen-bond acceptors (Lipinski definition) is 2. The van der Waals surface area contributed by atoms with Crippen LogP contribution in [-0.2, 0) is 4.79 Å². The van der Waals surface area contributed by atoms with Crippen LogP contribution in [-0.4, -0.2) is 21.9 Å². The molecule has 0 spiro atoms. The van der Waals surface area contributed by atoms with Gasteiger partial charge >= 0.3 is 12.1 Å². The maximum atomic E-state index is 11.9. The smallest absolute Gasteiger partial charge is 0.303 e. The maximum Gasteiger partial charge on any atom is 0.471 e. The number of halogens is 3. The van der Waals surface area contributed by atoms with Crippen LogP contribution in [0, 0.1) is 0 Å². The van der Waals surface area contributed by atoms with E-state index >= 15 is 0 Å². The lowest BCUT2D eigenvalue weighted by molar-refractivity contribution is -0.167. The minimum absolute atomic E-state index is 0.0346. The summed E-state index contributed by atoms with van der Waals surface area (Å²) in [4.78, 5) is 10.6. The van der Waals surface area contributed by atoms with E-state index < -0.39 is 12.1 Å². The highest BCUT2D eigenvalue weighted by Gasteiger charge is 2.39. The summed E-state index contributed by atoms with van der Waals surface area (Å²) in [5, 5.41) is 5.53. The highest BCUT2D eigenvalue weighted by molar-refractivity contribution is 5.94. The third-order valence-electron chi connectivity index (χ3n) is 1.66. The number of nitrogens with one attached hydrogen (secondary N) is 1. The zero-order valence-corrected chi connectivity index (χ0v) is 8.17. The molecule has 0 fully saturated rings. The molecule has 0 unspecified atom stereocenters. The average molecular weight is 221 g/mol. The quantitative estimate of drug-likeness (QED) is 0.829. The van der Waals surface area contributed by atoms with E-state index in [0.29, 0.717) is 0 Å². The van der Waals surface area contributed by atoms with E-state index in [4.69, 9.17) is 0 Å². The zero-order valence-electron chi connectivity index (χ0n) is 8.17. The van der Waals surface area contributed by atoms with Crippen LogP contribution in [0.4, 0.5) is 19.0 Å². The number of hydrogen-bond donors (Lipinski definition) is 1. The number of amides is 1. The van der Waals surface area contributed by atoms with Crippen molar-refractivity contribution in [1.82, 2.24) is 9.78 Å². The van der Waals surface area contributed by atoms with Gasteiger partial charge in [-0.05, 0) is 13.8 Å². The maximum absolute atomic E-state index is 11.9. The Hall–Kier alpha value is -1.53. The van der Waals surface area contributed by atoms with E-state index in [1.807, 2.05) is 0 Å². The van der Waals surface area contributed by atoms with Gasteiger partial charge in [-0.2, -0.15) is 18.3 Å². The fourth-order valence-electron chi connectivity index (χ4n) is 1.01. The second kappa shape index (κ2) is 3.92. The molecule has 7 heteroatoms. The third kappa shape index (κ3) is 2.71. The molecule has 1 N–H and O–H groups in total. The first-order valence-electron chi connectivity index (χ1n) is 4.24. The summed E-state index contributed by atoms with van der Waals surface area (Å²) < 4.78 is 37.1. The van der Waals surface area contributed by atoms with Crippen molar-refractivity contribution in [3.05, 3.63) is 12.3 Å². The van der Waals surface area contributed by atoms with Gasteiger partial charge in [0.25, 0.3) is 0 Å². The molecule has 0 aromatic carbocycles. The van der Waals surface area contributed by atoms with Gasteiger partial charge in [-0.1, -0.05) is 0 Å². The van der Waals surface area contributed by atoms with Crippen LogP contribution in [0.2, 0.25) is 0 Å². The number of alkyl halides is 3. The van der Waals surface area contributed by atoms with Crippen molar-refractivity contribution in [2.45, 2.75) is 26.1 Å². The Kier molecular flexibility index (Phi) is 3.01. The largest absolute Gasteiger partial charge is 0.471 e. The summed E-state index contributed by atoms with van der Waals surface area (Å²) in [6.07, 6.45) is -3.56. The predicted octanol–water partition coefficient (Wildman–Crippen LogP) is 1.96. The molecule has 15 heavy (non-hydrogen) atoms. The van der Waals surface area contributed by atoms with Crippen LogP contribution in [0.25, 0.3) is 0 Å². The number of anilines is 1. The fraction of sp³-hybridized carbons (Fsp3) is 0.500. The summed E-state index contributed by atoms with van der Waals surface area (Å²) in [5.41, 5.74) is 0. The molecule has 1 rings (SSSR count). The van der Waals surface area contributed by atoms with Crippen LogP contribution < -0.4 is 5.32 Å². The second-order valence-corrected chi connectivity index (χ2v) is 3.21. The first kappa shape index (κ1) is 11.5. The van der Waals surface area contributed by atoms with Crippen LogP contribution in [0.15, 0.2) is 12.3 Å². The molecule has 1 aromatic heterocycles. The molecule has 1 aromatic rings. The number of rotatable bonds is 2. The molecule has 0 aliphatic carbocycles. The van der Waals surface area contributed by atoms with E-state index in [2.05, 4.69) is 5.10 Å². The molecule has 1 heterocycles. The normalized spacial score (nSPS) is 11.9. The summed E-state index contributed by atoms with van der Waals surface area (Å²) in [6.45, 7) is 3.49. The highest BCUT2D eigenvalue weighted by Crippen LogP contribution is 2.19. The van der Waals surface area contributed by atoms with Gasteiger partial charge in [0, 0.05) is 12.1 Å². The van der Waals surface area contributed by atoms with Gasteiger partial charge < -0.3 is 5.32 Å². The summed E-state index contributed by atoms with van der Waals surface area (Å²) >= 11 is 0. The van der Waals surface area contributed by atoms with E-state index in [9.17, 15) is 18.0 Å². The molecule has 0 aliphatic heterocycles. The van der Waals surface area contributed by atoms with Crippen LogP contribution in [0.1, 0.15) is 19.9 Å². The lowest BCUT2D eigenvalue weighted by Gasteiger charge is -2.12. The molecule has 0 saturated carbocycles. The molecule has 84 valence electrons. The third-order valence-corrected chi connectivity index (χ3v) is 1.66. The van der Waals surface area contributed by atoms with E-state index in [1.165, 1.54) is 16.9 Å². The molecule has 0 radical (unpaired) electrons. The van der Waals surface area contributed by atoms with Gasteiger partial charge in [-0.25, -0.2) is 4.68 Å². The minimum Gasteiger partial charge on any atom is -0.303 e. The van der Waals surface area contributed by atoms with E-state index in [-0.39, 0.29) is 11.9 Å². The van der Waals surface area contributed by atoms with Crippen molar-refractivity contribution in [1.29, 1.82) is 0 Å². The molecule has 0 saturated heterocycles. The summed E-state index contributed by atoms with van der Waals surface area (Å²) in [6, 6.07) is 1.19. The van der Waals surface area contributed by atoms with Crippen molar-refractivity contribution in [2.24, 2.45) is 0 Å². The summed E-state index contributed by atoms with van der Waals surface area (Å²) in [5.74, 6) is -1.96.